The molecule has 0 radical (unpaired) electrons. The Hall–Kier alpha value is -3.42. The van der Waals surface area contributed by atoms with E-state index in [1.54, 1.807) is 41.2 Å². The Morgan fingerprint density at radius 3 is 2.58 bits per heavy atom. The first-order valence-electron chi connectivity index (χ1n) is 11.0. The Morgan fingerprint density at radius 1 is 1.12 bits per heavy atom. The molecule has 1 aliphatic carbocycles. The van der Waals surface area contributed by atoms with Crippen LogP contribution in [0.3, 0.4) is 0 Å². The van der Waals surface area contributed by atoms with Gasteiger partial charge in [-0.2, -0.15) is 8.78 Å². The van der Waals surface area contributed by atoms with E-state index < -0.39 is 12.4 Å². The molecule has 0 spiro atoms. The summed E-state index contributed by atoms with van der Waals surface area (Å²) in [6, 6.07) is 8.02. The Kier molecular flexibility index (Phi) is 5.74. The van der Waals surface area contributed by atoms with Gasteiger partial charge < -0.3 is 9.14 Å². The molecule has 5 nitrogen and oxygen atoms in total. The number of aromatic nitrogens is 4. The number of para-hydroxylation sites is 1. The fourth-order valence-electron chi connectivity index (χ4n) is 4.57. The first-order chi connectivity index (χ1) is 16.0. The van der Waals surface area contributed by atoms with Crippen LogP contribution in [0.5, 0.6) is 5.75 Å². The van der Waals surface area contributed by atoms with E-state index in [1.165, 1.54) is 25.0 Å². The number of halogens is 3. The van der Waals surface area contributed by atoms with Gasteiger partial charge in [0.2, 0.25) is 0 Å². The fourth-order valence-corrected chi connectivity index (χ4v) is 4.57. The number of rotatable bonds is 6. The maximum absolute atomic E-state index is 15.0. The zero-order valence-electron chi connectivity index (χ0n) is 18.1. The molecule has 0 bridgehead atoms. The summed E-state index contributed by atoms with van der Waals surface area (Å²) >= 11 is 0. The number of ether oxygens (including phenoxy) is 1. The van der Waals surface area contributed by atoms with Gasteiger partial charge in [0.15, 0.2) is 0 Å². The van der Waals surface area contributed by atoms with Gasteiger partial charge in [0.25, 0.3) is 0 Å². The van der Waals surface area contributed by atoms with Crippen LogP contribution in [-0.4, -0.2) is 26.0 Å². The minimum absolute atomic E-state index is 0.111. The first-order valence-corrected chi connectivity index (χ1v) is 11.0. The van der Waals surface area contributed by atoms with Gasteiger partial charge in [-0.1, -0.05) is 31.0 Å². The first kappa shape index (κ1) is 21.4. The minimum Gasteiger partial charge on any atom is -0.435 e. The van der Waals surface area contributed by atoms with Crippen LogP contribution in [0.15, 0.2) is 48.9 Å². The molecule has 8 heteroatoms. The van der Waals surface area contributed by atoms with Crippen molar-refractivity contribution in [1.29, 1.82) is 0 Å². The lowest BCUT2D eigenvalue weighted by molar-refractivity contribution is -0.0503. The molecule has 1 aliphatic rings. The molecule has 1 fully saturated rings. The van der Waals surface area contributed by atoms with Gasteiger partial charge in [-0.3, -0.25) is 0 Å². The number of aryl methyl sites for hydroxylation is 1. The summed E-state index contributed by atoms with van der Waals surface area (Å²) in [7, 11) is 0. The second-order valence-electron chi connectivity index (χ2n) is 8.38. The highest BCUT2D eigenvalue weighted by molar-refractivity contribution is 5.64. The molecule has 33 heavy (non-hydrogen) atoms. The average Bonchev–Trinajstić information content (AvgIpc) is 3.43. The van der Waals surface area contributed by atoms with Crippen LogP contribution >= 0.6 is 0 Å². The number of alkyl halides is 2. The zero-order chi connectivity index (χ0) is 22.9. The van der Waals surface area contributed by atoms with Crippen LogP contribution < -0.4 is 4.74 Å². The predicted octanol–water partition coefficient (Wildman–Crippen LogP) is 6.09. The van der Waals surface area contributed by atoms with Crippen LogP contribution in [-0.2, 0) is 6.42 Å². The summed E-state index contributed by atoms with van der Waals surface area (Å²) in [5.74, 6) is 0.884. The Morgan fingerprint density at radius 2 is 1.85 bits per heavy atom. The molecular formula is C25H23F3N4O. The predicted molar refractivity (Wildman–Crippen MR) is 118 cm³/mol. The number of benzene rings is 1. The van der Waals surface area contributed by atoms with Crippen molar-refractivity contribution < 1.29 is 17.9 Å². The van der Waals surface area contributed by atoms with Crippen LogP contribution in [0, 0.1) is 12.7 Å². The van der Waals surface area contributed by atoms with Crippen molar-refractivity contribution in [3.63, 3.8) is 0 Å². The third-order valence-electron chi connectivity index (χ3n) is 6.26. The Labute approximate surface area is 189 Å². The smallest absolute Gasteiger partial charge is 0.387 e. The lowest BCUT2D eigenvalue weighted by Crippen LogP contribution is -2.06. The third-order valence-corrected chi connectivity index (χ3v) is 6.26. The van der Waals surface area contributed by atoms with Crippen molar-refractivity contribution >= 4 is 5.65 Å². The Balaban J connectivity index is 1.52. The SMILES string of the molecule is Cc1nc2cc(F)c(-c3cnc(C4CCCC4)nc3)cn2c1Cc1ccccc1OC(F)F. The highest BCUT2D eigenvalue weighted by Gasteiger charge is 2.21. The number of nitrogens with zero attached hydrogens (tertiary/aromatic N) is 4. The quantitative estimate of drug-likeness (QED) is 0.355. The van der Waals surface area contributed by atoms with Gasteiger partial charge in [0.1, 0.15) is 23.0 Å². The van der Waals surface area contributed by atoms with E-state index in [9.17, 15) is 13.2 Å². The molecule has 170 valence electrons. The van der Waals surface area contributed by atoms with Crippen molar-refractivity contribution in [3.05, 3.63) is 77.5 Å². The Bertz CT molecular complexity index is 1280. The molecule has 1 aromatic carbocycles. The maximum atomic E-state index is 15.0. The van der Waals surface area contributed by atoms with Crippen LogP contribution in [0.1, 0.15) is 54.4 Å². The normalized spacial score (nSPS) is 14.5. The summed E-state index contributed by atoms with van der Waals surface area (Å²) in [4.78, 5) is 13.5. The van der Waals surface area contributed by atoms with E-state index >= 15 is 0 Å². The number of hydrogen-bond acceptors (Lipinski definition) is 4. The van der Waals surface area contributed by atoms with Gasteiger partial charge in [-0.25, -0.2) is 19.3 Å². The molecule has 0 aliphatic heterocycles. The average molecular weight is 452 g/mol. The van der Waals surface area contributed by atoms with Crippen molar-refractivity contribution in [3.8, 4) is 16.9 Å². The lowest BCUT2D eigenvalue weighted by atomic mass is 10.1. The van der Waals surface area contributed by atoms with Gasteiger partial charge in [0, 0.05) is 59.4 Å². The zero-order valence-corrected chi connectivity index (χ0v) is 18.1. The summed E-state index contributed by atoms with van der Waals surface area (Å²) in [5.41, 5.74) is 3.43. The summed E-state index contributed by atoms with van der Waals surface area (Å²) in [5, 5.41) is 0. The summed E-state index contributed by atoms with van der Waals surface area (Å²) in [6.45, 7) is -1.10. The van der Waals surface area contributed by atoms with Gasteiger partial charge in [-0.05, 0) is 25.8 Å². The fraction of sp³-hybridized carbons (Fsp3) is 0.320. The second-order valence-corrected chi connectivity index (χ2v) is 8.38. The molecule has 5 rings (SSSR count). The van der Waals surface area contributed by atoms with Crippen LogP contribution in [0.2, 0.25) is 0 Å². The van der Waals surface area contributed by atoms with Crippen molar-refractivity contribution in [2.45, 2.75) is 51.6 Å². The third kappa shape index (κ3) is 4.29. The van der Waals surface area contributed by atoms with E-state index in [2.05, 4.69) is 19.7 Å². The van der Waals surface area contributed by atoms with Gasteiger partial charge in [-0.15, -0.1) is 0 Å². The standard InChI is InChI=1S/C25H23F3N4O/c1-15-21(10-17-8-4-5-9-22(17)33-25(27)28)32-14-19(20(26)11-23(32)31-15)18-12-29-24(30-13-18)16-6-2-3-7-16/h4-5,8-9,11-14,16,25H,2-3,6-7,10H2,1H3. The largest absolute Gasteiger partial charge is 0.435 e. The molecule has 0 saturated heterocycles. The van der Waals surface area contributed by atoms with E-state index in [-0.39, 0.29) is 5.75 Å². The molecule has 3 heterocycles. The number of imidazole rings is 1. The summed E-state index contributed by atoms with van der Waals surface area (Å²) < 4.78 is 47.1. The van der Waals surface area contributed by atoms with E-state index in [4.69, 9.17) is 0 Å². The van der Waals surface area contributed by atoms with Gasteiger partial charge in [0.05, 0.1) is 5.69 Å². The highest BCUT2D eigenvalue weighted by atomic mass is 19.3. The number of hydrogen-bond donors (Lipinski definition) is 0. The molecule has 0 unspecified atom stereocenters. The molecule has 4 aromatic rings. The van der Waals surface area contributed by atoms with Crippen LogP contribution in [0.4, 0.5) is 13.2 Å². The molecule has 0 atom stereocenters. The molecule has 1 saturated carbocycles. The molecule has 3 aromatic heterocycles. The van der Waals surface area contributed by atoms with E-state index in [0.29, 0.717) is 40.4 Å². The van der Waals surface area contributed by atoms with Crippen LogP contribution in [0.25, 0.3) is 16.8 Å². The van der Waals surface area contributed by atoms with E-state index in [0.717, 1.165) is 24.4 Å². The van der Waals surface area contributed by atoms with Crippen molar-refractivity contribution in [2.75, 3.05) is 0 Å². The van der Waals surface area contributed by atoms with E-state index in [1.807, 2.05) is 6.92 Å². The maximum Gasteiger partial charge on any atom is 0.387 e. The number of fused-ring (bicyclic) bond motifs is 1. The second kappa shape index (κ2) is 8.84. The van der Waals surface area contributed by atoms with Crippen molar-refractivity contribution in [1.82, 2.24) is 19.4 Å². The molecule has 0 N–H and O–H groups in total. The van der Waals surface area contributed by atoms with Gasteiger partial charge >= 0.3 is 6.61 Å². The monoisotopic (exact) mass is 452 g/mol. The number of pyridine rings is 1. The topological polar surface area (TPSA) is 52.3 Å². The molecular weight excluding hydrogens is 429 g/mol. The molecule has 0 amide bonds. The lowest BCUT2D eigenvalue weighted by Gasteiger charge is -2.12. The van der Waals surface area contributed by atoms with Crippen molar-refractivity contribution in [2.24, 2.45) is 0 Å². The highest BCUT2D eigenvalue weighted by Crippen LogP contribution is 2.33. The minimum atomic E-state index is -2.91. The summed E-state index contributed by atoms with van der Waals surface area (Å²) in [6.07, 6.45) is 9.87.